The van der Waals surface area contributed by atoms with E-state index in [1.165, 1.54) is 0 Å². The van der Waals surface area contributed by atoms with Gasteiger partial charge in [-0.05, 0) is 35.1 Å². The zero-order valence-electron chi connectivity index (χ0n) is 17.6. The Morgan fingerprint density at radius 1 is 1.06 bits per heavy atom. The molecule has 1 saturated heterocycles. The van der Waals surface area contributed by atoms with Gasteiger partial charge < -0.3 is 25.2 Å². The molecule has 0 radical (unpaired) electrons. The zero-order chi connectivity index (χ0) is 22.5. The molecule has 1 aliphatic heterocycles. The van der Waals surface area contributed by atoms with Crippen molar-refractivity contribution in [2.24, 2.45) is 0 Å². The van der Waals surface area contributed by atoms with Gasteiger partial charge in [0.05, 0.1) is 12.5 Å². The summed E-state index contributed by atoms with van der Waals surface area (Å²) in [4.78, 5) is 36.1. The van der Waals surface area contributed by atoms with Crippen LogP contribution in [0.5, 0.6) is 0 Å². The molecule has 8 heteroatoms. The number of carboxylic acid groups (broad SMARTS) is 1. The third kappa shape index (κ3) is 4.91. The molecule has 1 heterocycles. The Balaban J connectivity index is 1.37. The molecule has 3 N–H and O–H groups in total. The lowest BCUT2D eigenvalue weighted by atomic mass is 9.98. The minimum absolute atomic E-state index is 0.0805. The van der Waals surface area contributed by atoms with Crippen molar-refractivity contribution in [2.75, 3.05) is 19.8 Å². The van der Waals surface area contributed by atoms with E-state index in [0.717, 1.165) is 35.1 Å². The van der Waals surface area contributed by atoms with E-state index in [9.17, 15) is 14.4 Å². The predicted octanol–water partition coefficient (Wildman–Crippen LogP) is 2.66. The van der Waals surface area contributed by atoms with Gasteiger partial charge in [0.15, 0.2) is 0 Å². The second-order valence-corrected chi connectivity index (χ2v) is 8.00. The number of alkyl carbamates (subject to hydrolysis) is 1. The molecule has 2 atom stereocenters. The molecule has 0 saturated carbocycles. The van der Waals surface area contributed by atoms with Crippen LogP contribution in [0.25, 0.3) is 11.1 Å². The van der Waals surface area contributed by atoms with Gasteiger partial charge in [-0.2, -0.15) is 0 Å². The van der Waals surface area contributed by atoms with Crippen molar-refractivity contribution in [2.45, 2.75) is 37.3 Å². The summed E-state index contributed by atoms with van der Waals surface area (Å²) in [5.41, 5.74) is 4.35. The summed E-state index contributed by atoms with van der Waals surface area (Å²) in [5, 5.41) is 14.2. The largest absolute Gasteiger partial charge is 0.481 e. The number of carboxylic acids is 1. The van der Waals surface area contributed by atoms with Gasteiger partial charge in [-0.3, -0.25) is 9.59 Å². The molecule has 4 rings (SSSR count). The first-order valence-electron chi connectivity index (χ1n) is 10.8. The minimum atomic E-state index is -1.23. The van der Waals surface area contributed by atoms with Crippen molar-refractivity contribution < 1.29 is 29.0 Å². The van der Waals surface area contributed by atoms with Crippen LogP contribution in [0.3, 0.4) is 0 Å². The van der Waals surface area contributed by atoms with Crippen molar-refractivity contribution in [1.29, 1.82) is 0 Å². The van der Waals surface area contributed by atoms with Gasteiger partial charge in [0.25, 0.3) is 0 Å². The molecular weight excluding hydrogens is 412 g/mol. The zero-order valence-corrected chi connectivity index (χ0v) is 17.6. The number of amides is 2. The summed E-state index contributed by atoms with van der Waals surface area (Å²) < 4.78 is 10.9. The maximum atomic E-state index is 12.5. The number of hydrogen-bond acceptors (Lipinski definition) is 5. The Kier molecular flexibility index (Phi) is 6.70. The van der Waals surface area contributed by atoms with Crippen molar-refractivity contribution in [3.8, 4) is 11.1 Å². The quantitative estimate of drug-likeness (QED) is 0.584. The standard InChI is InChI=1S/C24H26N2O6/c27-22(28)12-21(23(29)25-13-15-6-5-11-31-15)26-24(30)32-14-20-18-9-3-1-7-16(18)17-8-2-4-10-19(17)20/h1-4,7-10,15,20-21H,5-6,11-14H2,(H,25,29)(H,26,30)(H,27,28). The first-order chi connectivity index (χ1) is 15.5. The third-order valence-electron chi connectivity index (χ3n) is 5.86. The fourth-order valence-corrected chi connectivity index (χ4v) is 4.31. The first-order valence-corrected chi connectivity index (χ1v) is 10.8. The van der Waals surface area contributed by atoms with Crippen molar-refractivity contribution in [1.82, 2.24) is 10.6 Å². The SMILES string of the molecule is O=C(O)CC(NC(=O)OCC1c2ccccc2-c2ccccc21)C(=O)NCC1CCCO1. The maximum absolute atomic E-state index is 12.5. The van der Waals surface area contributed by atoms with Gasteiger partial charge in [-0.25, -0.2) is 4.79 Å². The molecule has 2 aromatic carbocycles. The summed E-state index contributed by atoms with van der Waals surface area (Å²) in [6.45, 7) is 1.01. The van der Waals surface area contributed by atoms with Crippen LogP contribution >= 0.6 is 0 Å². The highest BCUT2D eigenvalue weighted by atomic mass is 16.5. The van der Waals surface area contributed by atoms with Crippen LogP contribution in [-0.2, 0) is 19.1 Å². The van der Waals surface area contributed by atoms with Crippen LogP contribution in [0.4, 0.5) is 4.79 Å². The van der Waals surface area contributed by atoms with E-state index in [2.05, 4.69) is 10.6 Å². The summed E-state index contributed by atoms with van der Waals surface area (Å²) in [6.07, 6.45) is 0.312. The summed E-state index contributed by atoms with van der Waals surface area (Å²) in [5.74, 6) is -1.89. The average molecular weight is 438 g/mol. The number of fused-ring (bicyclic) bond motifs is 3. The summed E-state index contributed by atoms with van der Waals surface area (Å²) in [7, 11) is 0. The smallest absolute Gasteiger partial charge is 0.407 e. The van der Waals surface area contributed by atoms with Gasteiger partial charge in [-0.1, -0.05) is 48.5 Å². The molecule has 0 bridgehead atoms. The Morgan fingerprint density at radius 2 is 1.72 bits per heavy atom. The monoisotopic (exact) mass is 438 g/mol. The molecule has 2 aromatic rings. The van der Waals surface area contributed by atoms with E-state index < -0.39 is 30.4 Å². The second kappa shape index (κ2) is 9.82. The number of carbonyl (C=O) groups excluding carboxylic acids is 2. The molecule has 32 heavy (non-hydrogen) atoms. The molecule has 1 aliphatic carbocycles. The molecule has 2 aliphatic rings. The fraction of sp³-hybridized carbons (Fsp3) is 0.375. The number of rotatable bonds is 8. The Morgan fingerprint density at radius 3 is 2.31 bits per heavy atom. The van der Waals surface area contributed by atoms with Crippen LogP contribution < -0.4 is 10.6 Å². The van der Waals surface area contributed by atoms with Gasteiger partial charge in [-0.15, -0.1) is 0 Å². The highest BCUT2D eigenvalue weighted by Gasteiger charge is 2.30. The van der Waals surface area contributed by atoms with Gasteiger partial charge in [0, 0.05) is 19.1 Å². The highest BCUT2D eigenvalue weighted by Crippen LogP contribution is 2.44. The molecule has 8 nitrogen and oxygen atoms in total. The molecule has 168 valence electrons. The molecule has 0 spiro atoms. The van der Waals surface area contributed by atoms with E-state index in [1.54, 1.807) is 0 Å². The fourth-order valence-electron chi connectivity index (χ4n) is 4.31. The van der Waals surface area contributed by atoms with E-state index in [-0.39, 0.29) is 25.2 Å². The van der Waals surface area contributed by atoms with Crippen molar-refractivity contribution >= 4 is 18.0 Å². The summed E-state index contributed by atoms with van der Waals surface area (Å²) >= 11 is 0. The molecule has 1 fully saturated rings. The van der Waals surface area contributed by atoms with Crippen LogP contribution in [0.2, 0.25) is 0 Å². The lowest BCUT2D eigenvalue weighted by Crippen LogP contribution is -2.49. The molecule has 2 unspecified atom stereocenters. The molecule has 0 aromatic heterocycles. The third-order valence-corrected chi connectivity index (χ3v) is 5.86. The van der Waals surface area contributed by atoms with Crippen LogP contribution in [0.1, 0.15) is 36.3 Å². The number of benzene rings is 2. The first kappa shape index (κ1) is 21.8. The minimum Gasteiger partial charge on any atom is -0.481 e. The second-order valence-electron chi connectivity index (χ2n) is 8.00. The van der Waals surface area contributed by atoms with Crippen LogP contribution in [0, 0.1) is 0 Å². The van der Waals surface area contributed by atoms with Crippen molar-refractivity contribution in [3.05, 3.63) is 59.7 Å². The van der Waals surface area contributed by atoms with Crippen LogP contribution in [0.15, 0.2) is 48.5 Å². The van der Waals surface area contributed by atoms with E-state index in [0.29, 0.717) is 6.61 Å². The van der Waals surface area contributed by atoms with Gasteiger partial charge in [0.1, 0.15) is 12.6 Å². The number of hydrogen-bond donors (Lipinski definition) is 3. The predicted molar refractivity (Wildman–Crippen MR) is 116 cm³/mol. The lowest BCUT2D eigenvalue weighted by molar-refractivity contribution is -0.139. The average Bonchev–Trinajstić information content (AvgIpc) is 3.41. The number of carbonyl (C=O) groups is 3. The number of nitrogens with one attached hydrogen (secondary N) is 2. The Bertz CT molecular complexity index is 956. The summed E-state index contributed by atoms with van der Waals surface area (Å²) in [6, 6.07) is 14.7. The van der Waals surface area contributed by atoms with E-state index in [4.69, 9.17) is 14.6 Å². The van der Waals surface area contributed by atoms with Crippen LogP contribution in [-0.4, -0.2) is 55.0 Å². The highest BCUT2D eigenvalue weighted by molar-refractivity contribution is 5.89. The maximum Gasteiger partial charge on any atom is 0.407 e. The topological polar surface area (TPSA) is 114 Å². The molecular formula is C24H26N2O6. The Hall–Kier alpha value is -3.39. The Labute approximate surface area is 185 Å². The van der Waals surface area contributed by atoms with E-state index >= 15 is 0 Å². The normalized spacial score (nSPS) is 17.8. The van der Waals surface area contributed by atoms with Gasteiger partial charge in [0.2, 0.25) is 5.91 Å². The number of ether oxygens (including phenoxy) is 2. The van der Waals surface area contributed by atoms with E-state index in [1.807, 2.05) is 48.5 Å². The van der Waals surface area contributed by atoms with Gasteiger partial charge >= 0.3 is 12.1 Å². The number of aliphatic carboxylic acids is 1. The lowest BCUT2D eigenvalue weighted by Gasteiger charge is -2.19. The molecule has 2 amide bonds. The van der Waals surface area contributed by atoms with Crippen molar-refractivity contribution in [3.63, 3.8) is 0 Å².